The van der Waals surface area contributed by atoms with E-state index in [-0.39, 0.29) is 36.9 Å². The molecule has 4 N–H and O–H groups in total. The summed E-state index contributed by atoms with van der Waals surface area (Å²) in [4.78, 5) is 14.2. The van der Waals surface area contributed by atoms with Gasteiger partial charge in [-0.05, 0) is 31.2 Å². The summed E-state index contributed by atoms with van der Waals surface area (Å²) in [6, 6.07) is 10.3. The number of nitrogens with one attached hydrogen (secondary N) is 2. The Hall–Kier alpha value is -2.16. The smallest absolute Gasteiger partial charge is 0.227 e. The number of halogens is 3. The third-order valence-corrected chi connectivity index (χ3v) is 6.60. The van der Waals surface area contributed by atoms with Crippen LogP contribution in [0.15, 0.2) is 36.7 Å². The summed E-state index contributed by atoms with van der Waals surface area (Å²) in [6.07, 6.45) is 7.54. The third-order valence-electron chi connectivity index (χ3n) is 6.60. The van der Waals surface area contributed by atoms with Gasteiger partial charge >= 0.3 is 0 Å². The molecule has 7 nitrogen and oxygen atoms in total. The summed E-state index contributed by atoms with van der Waals surface area (Å²) < 4.78 is 16.3. The molecule has 0 amide bonds. The zero-order chi connectivity index (χ0) is 21.2. The van der Waals surface area contributed by atoms with Crippen LogP contribution in [0, 0.1) is 0 Å². The van der Waals surface area contributed by atoms with Crippen LogP contribution in [-0.4, -0.2) is 37.8 Å². The molecule has 2 fully saturated rings. The van der Waals surface area contributed by atoms with E-state index in [1.165, 1.54) is 18.4 Å². The average molecular weight is 496 g/mol. The molecular formula is C23H32Cl2FN7. The van der Waals surface area contributed by atoms with E-state index in [0.29, 0.717) is 37.2 Å². The monoisotopic (exact) mass is 495 g/mol. The van der Waals surface area contributed by atoms with Crippen LogP contribution in [0.4, 0.5) is 16.2 Å². The second-order valence-corrected chi connectivity index (χ2v) is 8.83. The van der Waals surface area contributed by atoms with Crippen molar-refractivity contribution in [2.45, 2.75) is 75.8 Å². The quantitative estimate of drug-likeness (QED) is 0.444. The van der Waals surface area contributed by atoms with Gasteiger partial charge in [0.2, 0.25) is 5.95 Å². The lowest BCUT2D eigenvalue weighted by Gasteiger charge is -2.30. The van der Waals surface area contributed by atoms with E-state index in [2.05, 4.69) is 32.3 Å². The second-order valence-electron chi connectivity index (χ2n) is 8.83. The summed E-state index contributed by atoms with van der Waals surface area (Å²) >= 11 is 0. The lowest BCUT2D eigenvalue weighted by atomic mass is 9.90. The third kappa shape index (κ3) is 5.67. The van der Waals surface area contributed by atoms with E-state index in [1.807, 2.05) is 24.5 Å². The first-order valence-corrected chi connectivity index (χ1v) is 11.4. The number of fused-ring (bicyclic) bond motifs is 1. The highest BCUT2D eigenvalue weighted by molar-refractivity contribution is 5.86. The van der Waals surface area contributed by atoms with Crippen LogP contribution in [0.3, 0.4) is 0 Å². The number of hydrogen-bond acceptors (Lipinski definition) is 6. The molecule has 2 saturated carbocycles. The number of benzene rings is 1. The molecule has 2 aliphatic rings. The number of nitrogens with two attached hydrogens (primary N) is 1. The first kappa shape index (κ1) is 25.5. The zero-order valence-corrected chi connectivity index (χ0v) is 20.1. The molecule has 3 aromatic rings. The van der Waals surface area contributed by atoms with Crippen LogP contribution in [0.2, 0.25) is 0 Å². The van der Waals surface area contributed by atoms with Crippen LogP contribution in [0.25, 0.3) is 11.2 Å². The minimum absolute atomic E-state index is 0. The Labute approximate surface area is 206 Å². The van der Waals surface area contributed by atoms with Crippen molar-refractivity contribution in [2.75, 3.05) is 10.6 Å². The van der Waals surface area contributed by atoms with Crippen LogP contribution >= 0.6 is 24.8 Å². The molecule has 3 atom stereocenters. The van der Waals surface area contributed by atoms with E-state index < -0.39 is 6.17 Å². The van der Waals surface area contributed by atoms with Gasteiger partial charge in [-0.2, -0.15) is 9.97 Å². The van der Waals surface area contributed by atoms with E-state index in [4.69, 9.17) is 15.7 Å². The van der Waals surface area contributed by atoms with Gasteiger partial charge in [-0.1, -0.05) is 43.2 Å². The van der Waals surface area contributed by atoms with Gasteiger partial charge in [0.25, 0.3) is 0 Å². The molecule has 2 aromatic heterocycles. The van der Waals surface area contributed by atoms with Gasteiger partial charge < -0.3 is 20.9 Å². The Balaban J connectivity index is 0.00000153. The molecule has 2 aliphatic carbocycles. The Morgan fingerprint density at radius 1 is 1.03 bits per heavy atom. The molecule has 2 heterocycles. The van der Waals surface area contributed by atoms with Crippen molar-refractivity contribution in [3.63, 3.8) is 0 Å². The SMILES string of the molecule is Cl.Cl.NC1CC[C@@H](Nc2nc(NCc3ccccc3)c3ncn(C4CCCC4)c3n2)C[C@@H]1F. The fourth-order valence-electron chi connectivity index (χ4n) is 4.79. The summed E-state index contributed by atoms with van der Waals surface area (Å²) in [5.74, 6) is 1.23. The maximum absolute atomic E-state index is 14.2. The predicted octanol–water partition coefficient (Wildman–Crippen LogP) is 5.03. The van der Waals surface area contributed by atoms with Crippen LogP contribution in [-0.2, 0) is 6.54 Å². The molecule has 0 bridgehead atoms. The maximum atomic E-state index is 14.2. The van der Waals surface area contributed by atoms with Gasteiger partial charge in [0.05, 0.1) is 6.33 Å². The highest BCUT2D eigenvalue weighted by Crippen LogP contribution is 2.33. The van der Waals surface area contributed by atoms with E-state index >= 15 is 0 Å². The molecule has 0 radical (unpaired) electrons. The molecule has 0 saturated heterocycles. The van der Waals surface area contributed by atoms with E-state index in [0.717, 1.165) is 30.4 Å². The minimum Gasteiger partial charge on any atom is -0.364 e. The molecular weight excluding hydrogens is 464 g/mol. The van der Waals surface area contributed by atoms with Gasteiger partial charge in [-0.3, -0.25) is 0 Å². The average Bonchev–Trinajstić information content (AvgIpc) is 3.45. The summed E-state index contributed by atoms with van der Waals surface area (Å²) in [5.41, 5.74) is 8.63. The second kappa shape index (κ2) is 11.3. The maximum Gasteiger partial charge on any atom is 0.227 e. The van der Waals surface area contributed by atoms with Crippen molar-refractivity contribution < 1.29 is 4.39 Å². The molecule has 1 unspecified atom stereocenters. The molecule has 1 aromatic carbocycles. The van der Waals surface area contributed by atoms with Crippen molar-refractivity contribution in [1.82, 2.24) is 19.5 Å². The summed E-state index contributed by atoms with van der Waals surface area (Å²) in [6.45, 7) is 0.646. The molecule has 33 heavy (non-hydrogen) atoms. The zero-order valence-electron chi connectivity index (χ0n) is 18.5. The Bertz CT molecular complexity index is 1030. The highest BCUT2D eigenvalue weighted by Gasteiger charge is 2.29. The van der Waals surface area contributed by atoms with E-state index in [9.17, 15) is 4.39 Å². The van der Waals surface area contributed by atoms with Gasteiger partial charge in [-0.25, -0.2) is 9.37 Å². The molecule has 10 heteroatoms. The normalized spacial score (nSPS) is 23.0. The topological polar surface area (TPSA) is 93.7 Å². The molecule has 180 valence electrons. The molecule has 5 rings (SSSR count). The van der Waals surface area contributed by atoms with Crippen molar-refractivity contribution in [3.05, 3.63) is 42.2 Å². The lowest BCUT2D eigenvalue weighted by Crippen LogP contribution is -2.42. The Morgan fingerprint density at radius 2 is 1.79 bits per heavy atom. The van der Waals surface area contributed by atoms with Gasteiger partial charge in [-0.15, -0.1) is 24.8 Å². The number of anilines is 2. The lowest BCUT2D eigenvalue weighted by molar-refractivity contribution is 0.207. The highest BCUT2D eigenvalue weighted by atomic mass is 35.5. The van der Waals surface area contributed by atoms with Crippen LogP contribution in [0.1, 0.15) is 56.6 Å². The Kier molecular flexibility index (Phi) is 8.73. The van der Waals surface area contributed by atoms with Crippen molar-refractivity contribution >= 4 is 47.7 Å². The number of hydrogen-bond donors (Lipinski definition) is 3. The van der Waals surface area contributed by atoms with Gasteiger partial charge in [0.1, 0.15) is 6.17 Å². The van der Waals surface area contributed by atoms with Crippen molar-refractivity contribution in [2.24, 2.45) is 5.73 Å². The van der Waals surface area contributed by atoms with E-state index in [1.54, 1.807) is 0 Å². The van der Waals surface area contributed by atoms with Crippen LogP contribution < -0.4 is 16.4 Å². The standard InChI is InChI=1S/C23H30FN7.2ClH/c24-18-12-16(10-11-19(18)25)28-23-29-21(26-13-15-6-2-1-3-7-15)20-22(30-23)31(14-27-20)17-8-4-5-9-17;;/h1-3,6-7,14,16-19H,4-5,8-13,25H2,(H2,26,28,29,30);2*1H/t16-,18+,19?;;/m1../s1. The fraction of sp³-hybridized carbons (Fsp3) is 0.522. The van der Waals surface area contributed by atoms with Crippen LogP contribution in [0.5, 0.6) is 0 Å². The number of rotatable bonds is 6. The predicted molar refractivity (Wildman–Crippen MR) is 135 cm³/mol. The first-order chi connectivity index (χ1) is 15.2. The number of imidazole rings is 1. The number of nitrogens with zero attached hydrogens (tertiary/aromatic N) is 4. The van der Waals surface area contributed by atoms with Gasteiger partial charge in [0.15, 0.2) is 17.0 Å². The fourth-order valence-corrected chi connectivity index (χ4v) is 4.79. The molecule has 0 aliphatic heterocycles. The largest absolute Gasteiger partial charge is 0.364 e. The number of alkyl halides is 1. The Morgan fingerprint density at radius 3 is 2.52 bits per heavy atom. The summed E-state index contributed by atoms with van der Waals surface area (Å²) in [7, 11) is 0. The number of aromatic nitrogens is 4. The van der Waals surface area contributed by atoms with Crippen molar-refractivity contribution in [3.8, 4) is 0 Å². The minimum atomic E-state index is -0.991. The molecule has 0 spiro atoms. The summed E-state index contributed by atoms with van der Waals surface area (Å²) in [5, 5.41) is 6.81. The van der Waals surface area contributed by atoms with Gasteiger partial charge in [0, 0.05) is 31.1 Å². The first-order valence-electron chi connectivity index (χ1n) is 11.4. The van der Waals surface area contributed by atoms with Crippen molar-refractivity contribution in [1.29, 1.82) is 0 Å².